The van der Waals surface area contributed by atoms with Crippen LogP contribution in [0.2, 0.25) is 0 Å². The molecule has 1 aromatic rings. The van der Waals surface area contributed by atoms with Gasteiger partial charge in [0.05, 0.1) is 14.2 Å². The molecule has 1 N–H and O–H groups in total. The Kier molecular flexibility index (Phi) is 7.82. The summed E-state index contributed by atoms with van der Waals surface area (Å²) < 4.78 is 11.1. The highest BCUT2D eigenvalue weighted by Crippen LogP contribution is 2.42. The van der Waals surface area contributed by atoms with Gasteiger partial charge in [0.2, 0.25) is 0 Å². The normalized spacial score (nSPS) is 24.0. The van der Waals surface area contributed by atoms with Gasteiger partial charge in [-0.05, 0) is 68.8 Å². The minimum atomic E-state index is 0.114. The number of nitrogens with one attached hydrogen (secondary N) is 1. The molecule has 0 radical (unpaired) electrons. The first-order valence-corrected chi connectivity index (χ1v) is 12.6. The number of hydrogen-bond acceptors (Lipinski definition) is 4. The van der Waals surface area contributed by atoms with E-state index in [0.717, 1.165) is 43.0 Å². The van der Waals surface area contributed by atoms with Crippen LogP contribution < -0.4 is 14.8 Å². The summed E-state index contributed by atoms with van der Waals surface area (Å²) in [6, 6.07) is 6.48. The minimum absolute atomic E-state index is 0.114. The van der Waals surface area contributed by atoms with E-state index in [1.54, 1.807) is 14.2 Å². The van der Waals surface area contributed by atoms with E-state index in [1.807, 2.05) is 7.05 Å². The highest BCUT2D eigenvalue weighted by Gasteiger charge is 2.36. The van der Waals surface area contributed by atoms with E-state index in [0.29, 0.717) is 0 Å². The van der Waals surface area contributed by atoms with E-state index in [1.165, 1.54) is 76.6 Å². The molecule has 1 unspecified atom stereocenters. The standard InChI is InChI=1S/C26H42N4O2/c1-27-25(30-16-11-21(19-30)18-29-14-7-8-15-29)28-20-26(12-5-4-6-13-26)22-9-10-23(31-2)24(17-22)32-3/h9-10,17,21H,4-8,11-16,18-20H2,1-3H3,(H,27,28). The van der Waals surface area contributed by atoms with Crippen LogP contribution in [-0.4, -0.2) is 76.3 Å². The van der Waals surface area contributed by atoms with Gasteiger partial charge in [0.25, 0.3) is 0 Å². The minimum Gasteiger partial charge on any atom is -0.493 e. The van der Waals surface area contributed by atoms with Crippen LogP contribution in [-0.2, 0) is 5.41 Å². The van der Waals surface area contributed by atoms with Crippen LogP contribution in [0.1, 0.15) is 56.9 Å². The largest absolute Gasteiger partial charge is 0.493 e. The first-order valence-electron chi connectivity index (χ1n) is 12.6. The van der Waals surface area contributed by atoms with Gasteiger partial charge in [-0.15, -0.1) is 0 Å². The molecular weight excluding hydrogens is 400 g/mol. The molecule has 3 fully saturated rings. The van der Waals surface area contributed by atoms with Gasteiger partial charge in [-0.1, -0.05) is 25.3 Å². The van der Waals surface area contributed by atoms with Crippen molar-refractivity contribution in [3.8, 4) is 11.5 Å². The van der Waals surface area contributed by atoms with Crippen molar-refractivity contribution in [3.63, 3.8) is 0 Å². The van der Waals surface area contributed by atoms with Gasteiger partial charge >= 0.3 is 0 Å². The molecule has 6 nitrogen and oxygen atoms in total. The van der Waals surface area contributed by atoms with Crippen LogP contribution in [0.4, 0.5) is 0 Å². The van der Waals surface area contributed by atoms with E-state index >= 15 is 0 Å². The molecule has 178 valence electrons. The topological polar surface area (TPSA) is 49.3 Å². The van der Waals surface area contributed by atoms with E-state index in [9.17, 15) is 0 Å². The summed E-state index contributed by atoms with van der Waals surface area (Å²) in [5, 5.41) is 3.79. The Hall–Kier alpha value is -1.95. The molecule has 1 aliphatic carbocycles. The number of hydrogen-bond donors (Lipinski definition) is 1. The molecule has 0 spiro atoms. The van der Waals surface area contributed by atoms with Crippen molar-refractivity contribution in [2.45, 2.75) is 56.8 Å². The zero-order valence-electron chi connectivity index (χ0n) is 20.4. The predicted molar refractivity (Wildman–Crippen MR) is 131 cm³/mol. The molecule has 2 aliphatic heterocycles. The monoisotopic (exact) mass is 442 g/mol. The lowest BCUT2D eigenvalue weighted by Gasteiger charge is -2.39. The number of benzene rings is 1. The Labute approximate surface area is 194 Å². The number of rotatable bonds is 7. The number of nitrogens with zero attached hydrogens (tertiary/aromatic N) is 3. The van der Waals surface area contributed by atoms with Crippen molar-refractivity contribution in [3.05, 3.63) is 23.8 Å². The molecule has 6 heteroatoms. The summed E-state index contributed by atoms with van der Waals surface area (Å²) in [6.45, 7) is 6.99. The van der Waals surface area contributed by atoms with Gasteiger partial charge in [-0.2, -0.15) is 0 Å². The molecule has 1 saturated carbocycles. The highest BCUT2D eigenvalue weighted by atomic mass is 16.5. The lowest BCUT2D eigenvalue weighted by molar-refractivity contribution is 0.276. The van der Waals surface area contributed by atoms with Gasteiger partial charge in [0, 0.05) is 38.6 Å². The Morgan fingerprint density at radius 1 is 1.03 bits per heavy atom. The number of likely N-dealkylation sites (tertiary alicyclic amines) is 2. The van der Waals surface area contributed by atoms with Crippen molar-refractivity contribution in [2.24, 2.45) is 10.9 Å². The average molecular weight is 443 g/mol. The molecule has 2 heterocycles. The SMILES string of the molecule is CN=C(NCC1(c2ccc(OC)c(OC)c2)CCCCC1)N1CCC(CN2CCCC2)C1. The lowest BCUT2D eigenvalue weighted by Crippen LogP contribution is -2.47. The molecule has 4 rings (SSSR count). The summed E-state index contributed by atoms with van der Waals surface area (Å²) in [5.41, 5.74) is 1.47. The van der Waals surface area contributed by atoms with Crippen molar-refractivity contribution >= 4 is 5.96 Å². The van der Waals surface area contributed by atoms with E-state index in [4.69, 9.17) is 9.47 Å². The maximum Gasteiger partial charge on any atom is 0.193 e. The summed E-state index contributed by atoms with van der Waals surface area (Å²) in [7, 11) is 5.35. The quantitative estimate of drug-likeness (QED) is 0.513. The van der Waals surface area contributed by atoms with E-state index in [2.05, 4.69) is 38.3 Å². The first kappa shape index (κ1) is 23.2. The van der Waals surface area contributed by atoms with Crippen LogP contribution in [0.15, 0.2) is 23.2 Å². The van der Waals surface area contributed by atoms with Gasteiger partial charge in [-0.25, -0.2) is 0 Å². The second-order valence-electron chi connectivity index (χ2n) is 9.92. The Balaban J connectivity index is 1.43. The van der Waals surface area contributed by atoms with Gasteiger partial charge in [0.1, 0.15) is 0 Å². The smallest absolute Gasteiger partial charge is 0.193 e. The number of ether oxygens (including phenoxy) is 2. The molecule has 3 aliphatic rings. The third-order valence-corrected chi connectivity index (χ3v) is 7.90. The fourth-order valence-corrected chi connectivity index (χ4v) is 6.05. The summed E-state index contributed by atoms with van der Waals surface area (Å²) in [6.07, 6.45) is 10.3. The van der Waals surface area contributed by atoms with Crippen LogP contribution in [0.25, 0.3) is 0 Å². The third kappa shape index (κ3) is 5.16. The molecule has 32 heavy (non-hydrogen) atoms. The summed E-state index contributed by atoms with van der Waals surface area (Å²) in [4.78, 5) is 9.81. The molecule has 0 aromatic heterocycles. The predicted octanol–water partition coefficient (Wildman–Crippen LogP) is 3.90. The van der Waals surface area contributed by atoms with Crippen molar-refractivity contribution < 1.29 is 9.47 Å². The Bertz CT molecular complexity index is 769. The zero-order valence-corrected chi connectivity index (χ0v) is 20.4. The molecular formula is C26H42N4O2. The second kappa shape index (κ2) is 10.8. The van der Waals surface area contributed by atoms with Crippen LogP contribution in [0.5, 0.6) is 11.5 Å². The van der Waals surface area contributed by atoms with Crippen molar-refractivity contribution in [1.82, 2.24) is 15.1 Å². The lowest BCUT2D eigenvalue weighted by atomic mass is 9.69. The van der Waals surface area contributed by atoms with Gasteiger partial charge in [-0.3, -0.25) is 4.99 Å². The molecule has 2 saturated heterocycles. The zero-order chi connectivity index (χ0) is 22.4. The second-order valence-corrected chi connectivity index (χ2v) is 9.92. The third-order valence-electron chi connectivity index (χ3n) is 7.90. The molecule has 1 atom stereocenters. The van der Waals surface area contributed by atoms with Gasteiger partial charge < -0.3 is 24.6 Å². The summed E-state index contributed by atoms with van der Waals surface area (Å²) >= 11 is 0. The molecule has 1 aromatic carbocycles. The van der Waals surface area contributed by atoms with Gasteiger partial charge in [0.15, 0.2) is 17.5 Å². The van der Waals surface area contributed by atoms with Crippen molar-refractivity contribution in [2.75, 3.05) is 60.5 Å². The average Bonchev–Trinajstić information content (AvgIpc) is 3.52. The number of aliphatic imine (C=N–C) groups is 1. The maximum atomic E-state index is 5.63. The Morgan fingerprint density at radius 2 is 1.78 bits per heavy atom. The fourth-order valence-electron chi connectivity index (χ4n) is 6.05. The van der Waals surface area contributed by atoms with E-state index < -0.39 is 0 Å². The fraction of sp³-hybridized carbons (Fsp3) is 0.731. The summed E-state index contributed by atoms with van der Waals surface area (Å²) in [5.74, 6) is 3.45. The number of guanidine groups is 1. The first-order chi connectivity index (χ1) is 15.7. The molecule has 0 bridgehead atoms. The molecule has 0 amide bonds. The van der Waals surface area contributed by atoms with Crippen molar-refractivity contribution in [1.29, 1.82) is 0 Å². The number of methoxy groups -OCH3 is 2. The Morgan fingerprint density at radius 3 is 2.47 bits per heavy atom. The van der Waals surface area contributed by atoms with Crippen LogP contribution in [0, 0.1) is 5.92 Å². The van der Waals surface area contributed by atoms with Crippen LogP contribution >= 0.6 is 0 Å². The van der Waals surface area contributed by atoms with E-state index in [-0.39, 0.29) is 5.41 Å². The maximum absolute atomic E-state index is 5.63. The van der Waals surface area contributed by atoms with Crippen LogP contribution in [0.3, 0.4) is 0 Å². The highest BCUT2D eigenvalue weighted by molar-refractivity contribution is 5.80.